The summed E-state index contributed by atoms with van der Waals surface area (Å²) in [5.74, 6) is -0.218. The Hall–Kier alpha value is -0.910. The summed E-state index contributed by atoms with van der Waals surface area (Å²) in [4.78, 5) is 0. The van der Waals surface area contributed by atoms with E-state index in [1.807, 2.05) is 12.1 Å². The van der Waals surface area contributed by atoms with Crippen LogP contribution in [0.1, 0.15) is 11.1 Å². The molecular weight excluding hydrogens is 214 g/mol. The van der Waals surface area contributed by atoms with Crippen molar-refractivity contribution in [3.8, 4) is 0 Å². The molecule has 0 heterocycles. The van der Waals surface area contributed by atoms with Crippen LogP contribution in [0, 0.1) is 0 Å². The van der Waals surface area contributed by atoms with E-state index in [1.165, 1.54) is 0 Å². The van der Waals surface area contributed by atoms with Crippen molar-refractivity contribution in [2.75, 3.05) is 12.4 Å². The molecule has 1 aromatic carbocycles. The van der Waals surface area contributed by atoms with Crippen molar-refractivity contribution in [2.24, 2.45) is 5.73 Å². The Balaban J connectivity index is 2.73. The number of hydrogen-bond donors (Lipinski definition) is 2. The maximum Gasteiger partial charge on any atom is 0.156 e. The maximum atomic E-state index is 11.4. The maximum absolute atomic E-state index is 11.4. The second-order valence-electron chi connectivity index (χ2n) is 3.34. The summed E-state index contributed by atoms with van der Waals surface area (Å²) in [5.41, 5.74) is 7.12. The van der Waals surface area contributed by atoms with Gasteiger partial charge < -0.3 is 10.8 Å². The van der Waals surface area contributed by atoms with E-state index < -0.39 is 9.84 Å². The highest BCUT2D eigenvalue weighted by molar-refractivity contribution is 7.90. The van der Waals surface area contributed by atoms with Crippen LogP contribution in [-0.4, -0.2) is 25.9 Å². The van der Waals surface area contributed by atoms with E-state index in [9.17, 15) is 8.42 Å². The van der Waals surface area contributed by atoms with Crippen LogP contribution >= 0.6 is 0 Å². The van der Waals surface area contributed by atoms with Crippen LogP contribution in [0.5, 0.6) is 0 Å². The van der Waals surface area contributed by atoms with E-state index in [4.69, 9.17) is 10.8 Å². The number of hydrogen-bond acceptors (Lipinski definition) is 4. The molecule has 0 amide bonds. The standard InChI is InChI=1S/C10H15NO3S/c11-7-9-1-3-10(4-2-9)8-15(13,14)6-5-12/h1-4,12H,5-8,11H2. The molecule has 0 aliphatic carbocycles. The second-order valence-corrected chi connectivity index (χ2v) is 5.52. The van der Waals surface area contributed by atoms with Gasteiger partial charge in [0.15, 0.2) is 9.84 Å². The number of nitrogens with two attached hydrogens (primary N) is 1. The second kappa shape index (κ2) is 5.25. The predicted molar refractivity (Wildman–Crippen MR) is 58.9 cm³/mol. The fraction of sp³-hybridized carbons (Fsp3) is 0.400. The van der Waals surface area contributed by atoms with E-state index in [0.29, 0.717) is 6.54 Å². The van der Waals surface area contributed by atoms with Gasteiger partial charge in [0.05, 0.1) is 18.1 Å². The summed E-state index contributed by atoms with van der Waals surface area (Å²) in [6.45, 7) is 0.118. The van der Waals surface area contributed by atoms with Crippen LogP contribution in [0.2, 0.25) is 0 Å². The largest absolute Gasteiger partial charge is 0.395 e. The highest BCUT2D eigenvalue weighted by Crippen LogP contribution is 2.08. The minimum atomic E-state index is -3.19. The van der Waals surface area contributed by atoms with Crippen molar-refractivity contribution in [3.05, 3.63) is 35.4 Å². The highest BCUT2D eigenvalue weighted by Gasteiger charge is 2.10. The minimum absolute atomic E-state index is 0.0294. The van der Waals surface area contributed by atoms with Crippen LogP contribution in [0.15, 0.2) is 24.3 Å². The Bertz CT molecular complexity index is 397. The van der Waals surface area contributed by atoms with Gasteiger partial charge in [-0.25, -0.2) is 8.42 Å². The molecule has 0 bridgehead atoms. The molecule has 0 radical (unpaired) electrons. The molecule has 0 saturated heterocycles. The first kappa shape index (κ1) is 12.2. The van der Waals surface area contributed by atoms with Crippen molar-refractivity contribution < 1.29 is 13.5 Å². The molecule has 0 aromatic heterocycles. The summed E-state index contributed by atoms with van der Waals surface area (Å²) >= 11 is 0. The van der Waals surface area contributed by atoms with Crippen LogP contribution in [-0.2, 0) is 22.1 Å². The first-order valence-electron chi connectivity index (χ1n) is 4.66. The lowest BCUT2D eigenvalue weighted by Gasteiger charge is -2.03. The van der Waals surface area contributed by atoms with E-state index >= 15 is 0 Å². The lowest BCUT2D eigenvalue weighted by molar-refractivity contribution is 0.319. The number of aliphatic hydroxyl groups is 1. The zero-order valence-corrected chi connectivity index (χ0v) is 9.20. The third-order valence-corrected chi connectivity index (χ3v) is 3.63. The molecule has 0 unspecified atom stereocenters. The van der Waals surface area contributed by atoms with Crippen molar-refractivity contribution in [1.29, 1.82) is 0 Å². The van der Waals surface area contributed by atoms with Crippen LogP contribution < -0.4 is 5.73 Å². The topological polar surface area (TPSA) is 80.4 Å². The predicted octanol–water partition coefficient (Wildman–Crippen LogP) is 0.0524. The van der Waals surface area contributed by atoms with Gasteiger partial charge in [0.25, 0.3) is 0 Å². The van der Waals surface area contributed by atoms with Crippen molar-refractivity contribution in [3.63, 3.8) is 0 Å². The normalized spacial score (nSPS) is 11.6. The average molecular weight is 229 g/mol. The SMILES string of the molecule is NCc1ccc(CS(=O)(=O)CCO)cc1. The number of sulfone groups is 1. The van der Waals surface area contributed by atoms with Gasteiger partial charge in [-0.15, -0.1) is 0 Å². The van der Waals surface area contributed by atoms with Crippen molar-refractivity contribution >= 4 is 9.84 Å². The average Bonchev–Trinajstić information content (AvgIpc) is 2.18. The van der Waals surface area contributed by atoms with Crippen molar-refractivity contribution in [1.82, 2.24) is 0 Å². The molecule has 84 valence electrons. The number of aliphatic hydroxyl groups excluding tert-OH is 1. The lowest BCUT2D eigenvalue weighted by Crippen LogP contribution is -2.12. The summed E-state index contributed by atoms with van der Waals surface area (Å²) in [6, 6.07) is 7.11. The zero-order valence-electron chi connectivity index (χ0n) is 8.39. The lowest BCUT2D eigenvalue weighted by atomic mass is 10.1. The first-order chi connectivity index (χ1) is 7.07. The van der Waals surface area contributed by atoms with Gasteiger partial charge >= 0.3 is 0 Å². The van der Waals surface area contributed by atoms with Crippen molar-refractivity contribution in [2.45, 2.75) is 12.3 Å². The number of benzene rings is 1. The fourth-order valence-corrected chi connectivity index (χ4v) is 2.36. The van der Waals surface area contributed by atoms with Gasteiger partial charge in [-0.2, -0.15) is 0 Å². The molecule has 15 heavy (non-hydrogen) atoms. The first-order valence-corrected chi connectivity index (χ1v) is 6.49. The van der Waals surface area contributed by atoms with E-state index in [0.717, 1.165) is 11.1 Å². The summed E-state index contributed by atoms with van der Waals surface area (Å²) in [7, 11) is -3.19. The molecule has 4 nitrogen and oxygen atoms in total. The summed E-state index contributed by atoms with van der Waals surface area (Å²) in [5, 5.41) is 8.57. The Morgan fingerprint density at radius 2 is 1.67 bits per heavy atom. The molecule has 0 fully saturated rings. The molecule has 0 aliphatic heterocycles. The van der Waals surface area contributed by atoms with E-state index in [2.05, 4.69) is 0 Å². The van der Waals surface area contributed by atoms with Gasteiger partial charge in [0, 0.05) is 6.54 Å². The summed E-state index contributed by atoms with van der Waals surface area (Å²) in [6.07, 6.45) is 0. The molecule has 0 spiro atoms. The van der Waals surface area contributed by atoms with Gasteiger partial charge in [-0.05, 0) is 11.1 Å². The van der Waals surface area contributed by atoms with Gasteiger partial charge in [0.2, 0.25) is 0 Å². The molecule has 1 rings (SSSR count). The Morgan fingerprint density at radius 1 is 1.13 bits per heavy atom. The minimum Gasteiger partial charge on any atom is -0.395 e. The molecule has 0 atom stereocenters. The van der Waals surface area contributed by atoms with Crippen LogP contribution in [0.4, 0.5) is 0 Å². The quantitative estimate of drug-likeness (QED) is 0.747. The molecule has 5 heteroatoms. The molecule has 0 saturated carbocycles. The Kier molecular flexibility index (Phi) is 4.26. The molecule has 1 aromatic rings. The smallest absolute Gasteiger partial charge is 0.156 e. The molecule has 3 N–H and O–H groups in total. The van der Waals surface area contributed by atoms with Crippen LogP contribution in [0.25, 0.3) is 0 Å². The van der Waals surface area contributed by atoms with Crippen LogP contribution in [0.3, 0.4) is 0 Å². The van der Waals surface area contributed by atoms with E-state index in [-0.39, 0.29) is 18.1 Å². The third kappa shape index (κ3) is 3.99. The highest BCUT2D eigenvalue weighted by atomic mass is 32.2. The number of rotatable bonds is 5. The molecular formula is C10H15NO3S. The van der Waals surface area contributed by atoms with E-state index in [1.54, 1.807) is 12.1 Å². The van der Waals surface area contributed by atoms with Gasteiger partial charge in [0.1, 0.15) is 0 Å². The monoisotopic (exact) mass is 229 g/mol. The third-order valence-electron chi connectivity index (χ3n) is 2.05. The van der Waals surface area contributed by atoms with Gasteiger partial charge in [-0.3, -0.25) is 0 Å². The zero-order chi connectivity index (χ0) is 11.3. The Labute approximate surface area is 89.7 Å². The van der Waals surface area contributed by atoms with Gasteiger partial charge in [-0.1, -0.05) is 24.3 Å². The fourth-order valence-electron chi connectivity index (χ4n) is 1.24. The Morgan fingerprint density at radius 3 is 2.13 bits per heavy atom. The summed E-state index contributed by atoms with van der Waals surface area (Å²) < 4.78 is 22.7. The molecule has 0 aliphatic rings.